The molecule has 6 nitrogen and oxygen atoms in total. The lowest BCUT2D eigenvalue weighted by atomic mass is 10.1. The highest BCUT2D eigenvalue weighted by molar-refractivity contribution is 5.98. The van der Waals surface area contributed by atoms with Crippen molar-refractivity contribution in [3.05, 3.63) is 35.6 Å². The van der Waals surface area contributed by atoms with E-state index in [0.717, 1.165) is 12.1 Å². The van der Waals surface area contributed by atoms with Crippen LogP contribution in [0.25, 0.3) is 0 Å². The van der Waals surface area contributed by atoms with E-state index in [1.807, 2.05) is 0 Å². The van der Waals surface area contributed by atoms with Crippen molar-refractivity contribution >= 4 is 17.8 Å². The van der Waals surface area contributed by atoms with Crippen LogP contribution in [-0.4, -0.2) is 47.5 Å². The Bertz CT molecular complexity index is 650. The molecule has 1 fully saturated rings. The lowest BCUT2D eigenvalue weighted by Crippen LogP contribution is -2.44. The van der Waals surface area contributed by atoms with Crippen molar-refractivity contribution in [1.29, 1.82) is 0 Å². The quantitative estimate of drug-likeness (QED) is 0.616. The first-order valence-corrected chi connectivity index (χ1v) is 8.12. The molecule has 1 saturated heterocycles. The molecule has 1 atom stereocenters. The van der Waals surface area contributed by atoms with Gasteiger partial charge in [0.2, 0.25) is 0 Å². The second-order valence-electron chi connectivity index (χ2n) is 6.87. The zero-order valence-electron chi connectivity index (χ0n) is 14.6. The Morgan fingerprint density at radius 3 is 2.44 bits per heavy atom. The van der Waals surface area contributed by atoms with Crippen LogP contribution >= 0.6 is 0 Å². The lowest BCUT2D eigenvalue weighted by Gasteiger charge is -2.27. The minimum atomic E-state index is -0.754. The zero-order valence-corrected chi connectivity index (χ0v) is 14.6. The number of hydrogen-bond donors (Lipinski definition) is 0. The summed E-state index contributed by atoms with van der Waals surface area (Å²) in [5.74, 6) is -1.53. The number of nitrogens with zero attached hydrogens (tertiary/aromatic N) is 1. The molecular weight excluding hydrogens is 329 g/mol. The Balaban J connectivity index is 1.92. The summed E-state index contributed by atoms with van der Waals surface area (Å²) in [6, 6.07) is 4.23. The fraction of sp³-hybridized carbons (Fsp3) is 0.500. The molecule has 1 aromatic carbocycles. The first-order chi connectivity index (χ1) is 11.7. The number of carbonyl (C=O) groups is 3. The van der Waals surface area contributed by atoms with Crippen molar-refractivity contribution in [3.8, 4) is 0 Å². The molecule has 7 heteroatoms. The van der Waals surface area contributed by atoms with Gasteiger partial charge in [0.1, 0.15) is 17.5 Å². The standard InChI is InChI=1S/C18H22FNO5/c1-18(2,3)25-17(23)20-10-4-5-14(20)16(22)24-11-15(21)12-6-8-13(19)9-7-12/h6-9,14H,4-5,10-11H2,1-3H3/t14-/m1/s1. The van der Waals surface area contributed by atoms with E-state index in [2.05, 4.69) is 0 Å². The predicted octanol–water partition coefficient (Wildman–Crippen LogP) is 2.95. The number of hydrogen-bond acceptors (Lipinski definition) is 5. The van der Waals surface area contributed by atoms with Crippen LogP contribution in [0.1, 0.15) is 44.0 Å². The van der Waals surface area contributed by atoms with E-state index in [-0.39, 0.29) is 5.56 Å². The van der Waals surface area contributed by atoms with Crippen LogP contribution in [0.15, 0.2) is 24.3 Å². The van der Waals surface area contributed by atoms with E-state index >= 15 is 0 Å². The highest BCUT2D eigenvalue weighted by Gasteiger charge is 2.37. The molecule has 1 amide bonds. The topological polar surface area (TPSA) is 72.9 Å². The summed E-state index contributed by atoms with van der Waals surface area (Å²) >= 11 is 0. The lowest BCUT2D eigenvalue weighted by molar-refractivity contribution is -0.147. The zero-order chi connectivity index (χ0) is 18.6. The molecule has 1 aliphatic heterocycles. The second kappa shape index (κ2) is 7.63. The summed E-state index contributed by atoms with van der Waals surface area (Å²) < 4.78 is 23.2. The number of esters is 1. The molecule has 2 rings (SSSR count). The Morgan fingerprint density at radius 1 is 1.20 bits per heavy atom. The van der Waals surface area contributed by atoms with Gasteiger partial charge in [-0.1, -0.05) is 0 Å². The third kappa shape index (κ3) is 5.27. The average molecular weight is 351 g/mol. The molecular formula is C18H22FNO5. The number of likely N-dealkylation sites (tertiary alicyclic amines) is 1. The summed E-state index contributed by atoms with van der Waals surface area (Å²) in [4.78, 5) is 37.7. The van der Waals surface area contributed by atoms with E-state index < -0.39 is 41.9 Å². The van der Waals surface area contributed by atoms with Gasteiger partial charge in [0.15, 0.2) is 12.4 Å². The summed E-state index contributed by atoms with van der Waals surface area (Å²) in [6.07, 6.45) is 0.546. The van der Waals surface area contributed by atoms with Crippen LogP contribution in [0.2, 0.25) is 0 Å². The monoisotopic (exact) mass is 351 g/mol. The first kappa shape index (κ1) is 18.9. The molecule has 0 bridgehead atoms. The number of halogens is 1. The molecule has 0 aromatic heterocycles. The molecule has 0 spiro atoms. The molecule has 136 valence electrons. The van der Waals surface area contributed by atoms with Gasteiger partial charge in [-0.3, -0.25) is 9.69 Å². The van der Waals surface area contributed by atoms with Crippen LogP contribution in [0.3, 0.4) is 0 Å². The first-order valence-electron chi connectivity index (χ1n) is 8.12. The largest absolute Gasteiger partial charge is 0.456 e. The number of amides is 1. The van der Waals surface area contributed by atoms with Crippen molar-refractivity contribution in [2.75, 3.05) is 13.2 Å². The van der Waals surface area contributed by atoms with Gasteiger partial charge in [-0.05, 0) is 57.9 Å². The highest BCUT2D eigenvalue weighted by Crippen LogP contribution is 2.22. The maximum Gasteiger partial charge on any atom is 0.411 e. The van der Waals surface area contributed by atoms with Gasteiger partial charge in [0.25, 0.3) is 0 Å². The smallest absolute Gasteiger partial charge is 0.411 e. The van der Waals surface area contributed by atoms with Gasteiger partial charge in [0.05, 0.1) is 0 Å². The minimum absolute atomic E-state index is 0.254. The second-order valence-corrected chi connectivity index (χ2v) is 6.87. The number of Topliss-reactive ketones (excluding diaryl/α,β-unsaturated/α-hetero) is 1. The van der Waals surface area contributed by atoms with Crippen LogP contribution < -0.4 is 0 Å². The van der Waals surface area contributed by atoms with Gasteiger partial charge >= 0.3 is 12.1 Å². The molecule has 0 N–H and O–H groups in total. The van der Waals surface area contributed by atoms with Crippen molar-refractivity contribution in [1.82, 2.24) is 4.90 Å². The van der Waals surface area contributed by atoms with Crippen LogP contribution in [0, 0.1) is 5.82 Å². The van der Waals surface area contributed by atoms with Crippen molar-refractivity contribution < 1.29 is 28.2 Å². The fourth-order valence-corrected chi connectivity index (χ4v) is 2.50. The number of rotatable bonds is 4. The normalized spacial score (nSPS) is 17.3. The number of ether oxygens (including phenoxy) is 2. The van der Waals surface area contributed by atoms with E-state index in [4.69, 9.17) is 9.47 Å². The predicted molar refractivity (Wildman–Crippen MR) is 87.7 cm³/mol. The Labute approximate surface area is 145 Å². The molecule has 0 unspecified atom stereocenters. The van der Waals surface area contributed by atoms with Crippen molar-refractivity contribution in [3.63, 3.8) is 0 Å². The van der Waals surface area contributed by atoms with Gasteiger partial charge in [-0.25, -0.2) is 14.0 Å². The van der Waals surface area contributed by atoms with Gasteiger partial charge in [-0.2, -0.15) is 0 Å². The Morgan fingerprint density at radius 2 is 1.84 bits per heavy atom. The number of carbonyl (C=O) groups excluding carboxylic acids is 3. The molecule has 0 radical (unpaired) electrons. The molecule has 25 heavy (non-hydrogen) atoms. The molecule has 1 aliphatic rings. The maximum atomic E-state index is 12.9. The third-order valence-electron chi connectivity index (χ3n) is 3.66. The van der Waals surface area contributed by atoms with E-state index in [9.17, 15) is 18.8 Å². The maximum absolute atomic E-state index is 12.9. The minimum Gasteiger partial charge on any atom is -0.456 e. The Kier molecular flexibility index (Phi) is 5.77. The average Bonchev–Trinajstić information content (AvgIpc) is 3.01. The van der Waals surface area contributed by atoms with E-state index in [1.165, 1.54) is 17.0 Å². The van der Waals surface area contributed by atoms with Gasteiger partial charge < -0.3 is 9.47 Å². The van der Waals surface area contributed by atoms with Crippen molar-refractivity contribution in [2.24, 2.45) is 0 Å². The summed E-state index contributed by atoms with van der Waals surface area (Å²) in [7, 11) is 0. The molecule has 0 saturated carbocycles. The van der Waals surface area contributed by atoms with Crippen LogP contribution in [-0.2, 0) is 14.3 Å². The summed E-state index contributed by atoms with van der Waals surface area (Å²) in [6.45, 7) is 5.19. The SMILES string of the molecule is CC(C)(C)OC(=O)N1CCC[C@@H]1C(=O)OCC(=O)c1ccc(F)cc1. The molecule has 1 heterocycles. The number of ketones is 1. The van der Waals surface area contributed by atoms with Crippen molar-refractivity contribution in [2.45, 2.75) is 45.3 Å². The molecule has 0 aliphatic carbocycles. The summed E-state index contributed by atoms with van der Waals surface area (Å²) in [5, 5.41) is 0. The van der Waals surface area contributed by atoms with Crippen LogP contribution in [0.5, 0.6) is 0 Å². The highest BCUT2D eigenvalue weighted by atomic mass is 19.1. The Hall–Kier alpha value is -2.44. The van der Waals surface area contributed by atoms with E-state index in [1.54, 1.807) is 20.8 Å². The van der Waals surface area contributed by atoms with E-state index in [0.29, 0.717) is 19.4 Å². The number of benzene rings is 1. The summed E-state index contributed by atoms with van der Waals surface area (Å²) in [5.41, 5.74) is -0.406. The molecule has 1 aromatic rings. The fourth-order valence-electron chi connectivity index (χ4n) is 2.50. The third-order valence-corrected chi connectivity index (χ3v) is 3.66. The van der Waals surface area contributed by atoms with Gasteiger partial charge in [0, 0.05) is 12.1 Å². The van der Waals surface area contributed by atoms with Crippen LogP contribution in [0.4, 0.5) is 9.18 Å². The van der Waals surface area contributed by atoms with Gasteiger partial charge in [-0.15, -0.1) is 0 Å².